The molecular weight excluding hydrogens is 292 g/mol. The van der Waals surface area contributed by atoms with Gasteiger partial charge in [0.05, 0.1) is 5.56 Å². The average molecular weight is 307 g/mol. The van der Waals surface area contributed by atoms with Gasteiger partial charge in [-0.3, -0.25) is 4.79 Å². The third-order valence-electron chi connectivity index (χ3n) is 2.97. The molecule has 0 aliphatic heterocycles. The number of anilines is 1. The molecule has 1 aromatic heterocycles. The Morgan fingerprint density at radius 1 is 1.29 bits per heavy atom. The third-order valence-corrected chi connectivity index (χ3v) is 3.19. The Balaban J connectivity index is 2.27. The van der Waals surface area contributed by atoms with Crippen LogP contribution in [0.3, 0.4) is 0 Å². The van der Waals surface area contributed by atoms with E-state index in [0.717, 1.165) is 0 Å². The van der Waals surface area contributed by atoms with Gasteiger partial charge < -0.3 is 15.0 Å². The largest absolute Gasteiger partial charge is 0.478 e. The second-order valence-electron chi connectivity index (χ2n) is 4.88. The smallest absolute Gasteiger partial charge is 0.335 e. The highest BCUT2D eigenvalue weighted by Gasteiger charge is 2.14. The average Bonchev–Trinajstić information content (AvgIpc) is 2.87. The van der Waals surface area contributed by atoms with Crippen LogP contribution in [-0.2, 0) is 0 Å². The second kappa shape index (κ2) is 6.01. The zero-order valence-corrected chi connectivity index (χ0v) is 12.4. The fraction of sp³-hybridized carbons (Fsp3) is 0.200. The number of aromatic nitrogens is 1. The monoisotopic (exact) mass is 306 g/mol. The van der Waals surface area contributed by atoms with E-state index in [-0.39, 0.29) is 22.5 Å². The molecule has 21 heavy (non-hydrogen) atoms. The predicted molar refractivity (Wildman–Crippen MR) is 81.2 cm³/mol. The molecule has 0 unspecified atom stereocenters. The molecule has 0 saturated carbocycles. The molecule has 0 bridgehead atoms. The van der Waals surface area contributed by atoms with Crippen molar-refractivity contribution >= 4 is 29.2 Å². The molecule has 0 spiro atoms. The van der Waals surface area contributed by atoms with Crippen LogP contribution < -0.4 is 5.32 Å². The maximum absolute atomic E-state index is 12.3. The molecule has 2 N–H and O–H groups in total. The highest BCUT2D eigenvalue weighted by Crippen LogP contribution is 2.20. The molecule has 6 heteroatoms. The van der Waals surface area contributed by atoms with Crippen molar-refractivity contribution in [2.24, 2.45) is 0 Å². The molecule has 0 aliphatic rings. The summed E-state index contributed by atoms with van der Waals surface area (Å²) in [6.45, 7) is 3.94. The minimum atomic E-state index is -1.10. The highest BCUT2D eigenvalue weighted by atomic mass is 35.5. The SMILES string of the molecule is CC(C)n1cccc1C(=O)Nc1cc(Cl)cc(C(=O)O)c1. The van der Waals surface area contributed by atoms with Gasteiger partial charge in [-0.1, -0.05) is 11.6 Å². The van der Waals surface area contributed by atoms with E-state index in [1.54, 1.807) is 12.1 Å². The maximum Gasteiger partial charge on any atom is 0.335 e. The molecule has 1 amide bonds. The Bertz CT molecular complexity index is 692. The minimum absolute atomic E-state index is 0.0250. The normalized spacial score (nSPS) is 10.7. The number of nitrogens with one attached hydrogen (secondary N) is 1. The Kier molecular flexibility index (Phi) is 4.33. The summed E-state index contributed by atoms with van der Waals surface area (Å²) in [5.41, 5.74) is 0.875. The van der Waals surface area contributed by atoms with Crippen LogP contribution in [0.5, 0.6) is 0 Å². The summed E-state index contributed by atoms with van der Waals surface area (Å²) in [5.74, 6) is -1.41. The topological polar surface area (TPSA) is 71.3 Å². The maximum atomic E-state index is 12.3. The van der Waals surface area contributed by atoms with Crippen molar-refractivity contribution in [3.8, 4) is 0 Å². The van der Waals surface area contributed by atoms with Crippen LogP contribution >= 0.6 is 11.6 Å². The molecule has 0 fully saturated rings. The van der Waals surface area contributed by atoms with Gasteiger partial charge in [0.15, 0.2) is 0 Å². The van der Waals surface area contributed by atoms with Crippen molar-refractivity contribution in [3.63, 3.8) is 0 Å². The number of benzene rings is 1. The summed E-state index contributed by atoms with van der Waals surface area (Å²) in [6.07, 6.45) is 1.82. The minimum Gasteiger partial charge on any atom is -0.478 e. The van der Waals surface area contributed by atoms with E-state index in [0.29, 0.717) is 11.4 Å². The van der Waals surface area contributed by atoms with Gasteiger partial charge in [0, 0.05) is 22.9 Å². The van der Waals surface area contributed by atoms with Gasteiger partial charge >= 0.3 is 5.97 Å². The first-order valence-corrected chi connectivity index (χ1v) is 6.78. The zero-order chi connectivity index (χ0) is 15.6. The fourth-order valence-corrected chi connectivity index (χ4v) is 2.25. The highest BCUT2D eigenvalue weighted by molar-refractivity contribution is 6.31. The van der Waals surface area contributed by atoms with Crippen molar-refractivity contribution in [2.75, 3.05) is 5.32 Å². The van der Waals surface area contributed by atoms with E-state index in [2.05, 4.69) is 5.32 Å². The molecule has 2 aromatic rings. The first kappa shape index (κ1) is 15.1. The van der Waals surface area contributed by atoms with Crippen LogP contribution in [0.1, 0.15) is 40.7 Å². The lowest BCUT2D eigenvalue weighted by molar-refractivity contribution is 0.0696. The van der Waals surface area contributed by atoms with E-state index >= 15 is 0 Å². The molecule has 1 heterocycles. The van der Waals surface area contributed by atoms with Gasteiger partial charge in [-0.2, -0.15) is 0 Å². The van der Waals surface area contributed by atoms with Gasteiger partial charge in [-0.15, -0.1) is 0 Å². The molecule has 0 aliphatic carbocycles. The number of nitrogens with zero attached hydrogens (tertiary/aromatic N) is 1. The fourth-order valence-electron chi connectivity index (χ4n) is 2.02. The number of carbonyl (C=O) groups excluding carboxylic acids is 1. The van der Waals surface area contributed by atoms with Gasteiger partial charge in [-0.25, -0.2) is 4.79 Å². The molecule has 1 aromatic carbocycles. The van der Waals surface area contributed by atoms with Gasteiger partial charge in [0.25, 0.3) is 5.91 Å². The lowest BCUT2D eigenvalue weighted by Crippen LogP contribution is -2.18. The Labute approximate surface area is 127 Å². The van der Waals surface area contributed by atoms with Crippen LogP contribution in [0.25, 0.3) is 0 Å². The number of carboxylic acids is 1. The predicted octanol–water partition coefficient (Wildman–Crippen LogP) is 3.67. The van der Waals surface area contributed by atoms with Crippen molar-refractivity contribution in [2.45, 2.75) is 19.9 Å². The Hall–Kier alpha value is -2.27. The summed E-state index contributed by atoms with van der Waals surface area (Å²) in [6, 6.07) is 7.85. The number of hydrogen-bond donors (Lipinski definition) is 2. The van der Waals surface area contributed by atoms with Crippen molar-refractivity contribution in [1.82, 2.24) is 4.57 Å². The molecule has 5 nitrogen and oxygen atoms in total. The number of carbonyl (C=O) groups is 2. The number of carboxylic acid groups (broad SMARTS) is 1. The van der Waals surface area contributed by atoms with Crippen LogP contribution in [0.4, 0.5) is 5.69 Å². The van der Waals surface area contributed by atoms with Crippen LogP contribution in [-0.4, -0.2) is 21.6 Å². The summed E-state index contributed by atoms with van der Waals surface area (Å²) in [5, 5.41) is 11.9. The van der Waals surface area contributed by atoms with Crippen LogP contribution in [0, 0.1) is 0 Å². The van der Waals surface area contributed by atoms with E-state index in [9.17, 15) is 9.59 Å². The van der Waals surface area contributed by atoms with E-state index < -0.39 is 5.97 Å². The van der Waals surface area contributed by atoms with E-state index in [1.807, 2.05) is 24.6 Å². The number of hydrogen-bond acceptors (Lipinski definition) is 2. The van der Waals surface area contributed by atoms with Gasteiger partial charge in [0.1, 0.15) is 5.69 Å². The lowest BCUT2D eigenvalue weighted by Gasteiger charge is -2.13. The molecule has 0 radical (unpaired) electrons. The second-order valence-corrected chi connectivity index (χ2v) is 5.32. The number of rotatable bonds is 4. The standard InChI is InChI=1S/C15H15ClN2O3/c1-9(2)18-5-3-4-13(18)14(19)17-12-7-10(15(20)21)6-11(16)8-12/h3-9H,1-2H3,(H,17,19)(H,20,21). The molecule has 0 atom stereocenters. The van der Waals surface area contributed by atoms with Crippen molar-refractivity contribution < 1.29 is 14.7 Å². The Morgan fingerprint density at radius 2 is 2.00 bits per heavy atom. The number of halogens is 1. The van der Waals surface area contributed by atoms with Gasteiger partial charge in [0.2, 0.25) is 0 Å². The molecular formula is C15H15ClN2O3. The molecule has 0 saturated heterocycles. The van der Waals surface area contributed by atoms with Gasteiger partial charge in [-0.05, 0) is 44.2 Å². The third kappa shape index (κ3) is 3.44. The van der Waals surface area contributed by atoms with E-state index in [1.165, 1.54) is 18.2 Å². The zero-order valence-electron chi connectivity index (χ0n) is 11.6. The summed E-state index contributed by atoms with van der Waals surface area (Å²) < 4.78 is 1.83. The Morgan fingerprint density at radius 3 is 2.62 bits per heavy atom. The van der Waals surface area contributed by atoms with Crippen molar-refractivity contribution in [1.29, 1.82) is 0 Å². The van der Waals surface area contributed by atoms with Crippen molar-refractivity contribution in [3.05, 3.63) is 52.8 Å². The number of aromatic carboxylic acids is 1. The summed E-state index contributed by atoms with van der Waals surface area (Å²) in [4.78, 5) is 23.3. The van der Waals surface area contributed by atoms with Crippen LogP contribution in [0.15, 0.2) is 36.5 Å². The van der Waals surface area contributed by atoms with Crippen LogP contribution in [0.2, 0.25) is 5.02 Å². The van der Waals surface area contributed by atoms with E-state index in [4.69, 9.17) is 16.7 Å². The molecule has 2 rings (SSSR count). The summed E-state index contributed by atoms with van der Waals surface area (Å²) in [7, 11) is 0. The summed E-state index contributed by atoms with van der Waals surface area (Å²) >= 11 is 5.86. The molecule has 110 valence electrons. The quantitative estimate of drug-likeness (QED) is 0.905. The number of amides is 1. The first-order valence-electron chi connectivity index (χ1n) is 6.40. The lowest BCUT2D eigenvalue weighted by atomic mass is 10.2. The first-order chi connectivity index (χ1) is 9.88.